The summed E-state index contributed by atoms with van der Waals surface area (Å²) in [5.74, 6) is 1.38. The molecule has 0 radical (unpaired) electrons. The number of anilines is 1. The molecule has 3 nitrogen and oxygen atoms in total. The smallest absolute Gasteiger partial charge is 0.248 e. The first-order valence-corrected chi connectivity index (χ1v) is 6.82. The van der Waals surface area contributed by atoms with E-state index in [1.165, 1.54) is 25.7 Å². The molecule has 2 fully saturated rings. The Morgan fingerprint density at radius 3 is 2.33 bits per heavy atom. The minimum absolute atomic E-state index is 0.356. The number of nitrogens with one attached hydrogen (secondary N) is 1. The second kappa shape index (κ2) is 4.30. The molecule has 3 N–H and O–H groups in total. The first-order chi connectivity index (χ1) is 8.65. The van der Waals surface area contributed by atoms with E-state index in [4.69, 9.17) is 5.73 Å². The topological polar surface area (TPSA) is 55.1 Å². The number of hydrogen-bond acceptors (Lipinski definition) is 2. The Hall–Kier alpha value is -1.51. The summed E-state index contributed by atoms with van der Waals surface area (Å²) in [5.41, 5.74) is 8.15. The van der Waals surface area contributed by atoms with E-state index in [0.717, 1.165) is 23.1 Å². The van der Waals surface area contributed by atoms with Gasteiger partial charge >= 0.3 is 0 Å². The summed E-state index contributed by atoms with van der Waals surface area (Å²) in [4.78, 5) is 11.1. The normalized spacial score (nSPS) is 19.0. The monoisotopic (exact) mass is 244 g/mol. The highest BCUT2D eigenvalue weighted by molar-refractivity contribution is 5.93. The zero-order chi connectivity index (χ0) is 12.7. The van der Waals surface area contributed by atoms with Crippen LogP contribution in [0.3, 0.4) is 0 Å². The Morgan fingerprint density at radius 2 is 1.89 bits per heavy atom. The van der Waals surface area contributed by atoms with E-state index in [9.17, 15) is 4.79 Å². The number of carbonyl (C=O) groups excluding carboxylic acids is 1. The zero-order valence-electron chi connectivity index (χ0n) is 10.8. The maximum absolute atomic E-state index is 11.1. The fourth-order valence-electron chi connectivity index (χ4n) is 2.69. The van der Waals surface area contributed by atoms with E-state index in [1.807, 2.05) is 25.1 Å². The van der Waals surface area contributed by atoms with Gasteiger partial charge in [0, 0.05) is 17.3 Å². The van der Waals surface area contributed by atoms with Crippen molar-refractivity contribution in [3.63, 3.8) is 0 Å². The Bertz CT molecular complexity index is 463. The van der Waals surface area contributed by atoms with Gasteiger partial charge in [0.25, 0.3) is 0 Å². The Labute approximate surface area is 108 Å². The second-order valence-electron chi connectivity index (χ2n) is 5.74. The van der Waals surface area contributed by atoms with E-state index >= 15 is 0 Å². The molecule has 3 heteroatoms. The van der Waals surface area contributed by atoms with Crippen LogP contribution in [0.25, 0.3) is 0 Å². The summed E-state index contributed by atoms with van der Waals surface area (Å²) in [6, 6.07) is 6.33. The molecule has 0 spiro atoms. The van der Waals surface area contributed by atoms with E-state index in [2.05, 4.69) is 5.32 Å². The standard InChI is InChI=1S/C15H20N2O/c1-9-8-12(15(16)18)6-7-13(9)17-14(10-2-3-10)11-4-5-11/h6-8,10-11,14,17H,2-5H2,1H3,(H2,16,18). The predicted octanol–water partition coefficient (Wildman–Crippen LogP) is 2.69. The fraction of sp³-hybridized carbons (Fsp3) is 0.533. The number of amides is 1. The van der Waals surface area contributed by atoms with Crippen molar-refractivity contribution >= 4 is 11.6 Å². The molecule has 3 rings (SSSR count). The van der Waals surface area contributed by atoms with Gasteiger partial charge in [0.1, 0.15) is 0 Å². The van der Waals surface area contributed by atoms with Gasteiger partial charge in [0.2, 0.25) is 5.91 Å². The average Bonchev–Trinajstić information content (AvgIpc) is 3.19. The van der Waals surface area contributed by atoms with E-state index in [1.54, 1.807) is 0 Å². The quantitative estimate of drug-likeness (QED) is 0.836. The molecule has 18 heavy (non-hydrogen) atoms. The van der Waals surface area contributed by atoms with Crippen molar-refractivity contribution < 1.29 is 4.79 Å². The average molecular weight is 244 g/mol. The van der Waals surface area contributed by atoms with Crippen LogP contribution in [0.5, 0.6) is 0 Å². The van der Waals surface area contributed by atoms with Gasteiger partial charge in [-0.05, 0) is 68.2 Å². The lowest BCUT2D eigenvalue weighted by molar-refractivity contribution is 0.1000. The molecule has 1 amide bonds. The third-order valence-electron chi connectivity index (χ3n) is 4.09. The number of hydrogen-bond donors (Lipinski definition) is 2. The molecule has 2 aliphatic carbocycles. The van der Waals surface area contributed by atoms with Crippen LogP contribution in [0.4, 0.5) is 5.69 Å². The molecule has 2 saturated carbocycles. The largest absolute Gasteiger partial charge is 0.382 e. The number of aryl methyl sites for hydroxylation is 1. The first-order valence-electron chi connectivity index (χ1n) is 6.82. The molecule has 0 aromatic heterocycles. The van der Waals surface area contributed by atoms with Gasteiger partial charge in [-0.3, -0.25) is 4.79 Å². The molecular formula is C15H20N2O. The molecule has 0 bridgehead atoms. The molecular weight excluding hydrogens is 224 g/mol. The minimum atomic E-state index is -0.356. The van der Waals surface area contributed by atoms with Crippen molar-refractivity contribution in [3.05, 3.63) is 29.3 Å². The molecule has 2 aliphatic rings. The van der Waals surface area contributed by atoms with Gasteiger partial charge in [0.15, 0.2) is 0 Å². The first kappa shape index (κ1) is 11.6. The molecule has 0 heterocycles. The highest BCUT2D eigenvalue weighted by atomic mass is 16.1. The van der Waals surface area contributed by atoms with Crippen LogP contribution < -0.4 is 11.1 Å². The maximum Gasteiger partial charge on any atom is 0.248 e. The third kappa shape index (κ3) is 2.35. The number of benzene rings is 1. The maximum atomic E-state index is 11.1. The van der Waals surface area contributed by atoms with Crippen LogP contribution in [0.2, 0.25) is 0 Å². The van der Waals surface area contributed by atoms with Gasteiger partial charge in [0.05, 0.1) is 0 Å². The van der Waals surface area contributed by atoms with Gasteiger partial charge < -0.3 is 11.1 Å². The van der Waals surface area contributed by atoms with Crippen LogP contribution in [0.15, 0.2) is 18.2 Å². The lowest BCUT2D eigenvalue weighted by Gasteiger charge is -2.20. The van der Waals surface area contributed by atoms with Crippen LogP contribution in [0, 0.1) is 18.8 Å². The van der Waals surface area contributed by atoms with Gasteiger partial charge in [-0.1, -0.05) is 0 Å². The van der Waals surface area contributed by atoms with Crippen molar-refractivity contribution in [1.82, 2.24) is 0 Å². The van der Waals surface area contributed by atoms with Crippen LogP contribution in [0.1, 0.15) is 41.6 Å². The summed E-state index contributed by atoms with van der Waals surface area (Å²) in [7, 11) is 0. The Balaban J connectivity index is 1.77. The number of rotatable bonds is 5. The van der Waals surface area contributed by atoms with Gasteiger partial charge in [-0.2, -0.15) is 0 Å². The van der Waals surface area contributed by atoms with Crippen LogP contribution in [-0.2, 0) is 0 Å². The van der Waals surface area contributed by atoms with Crippen molar-refractivity contribution in [2.75, 3.05) is 5.32 Å². The molecule has 1 aromatic carbocycles. The van der Waals surface area contributed by atoms with E-state index in [-0.39, 0.29) is 5.91 Å². The van der Waals surface area contributed by atoms with Crippen molar-refractivity contribution in [2.24, 2.45) is 17.6 Å². The summed E-state index contributed by atoms with van der Waals surface area (Å²) in [6.07, 6.45) is 5.47. The SMILES string of the molecule is Cc1cc(C(N)=O)ccc1NC(C1CC1)C1CC1. The predicted molar refractivity (Wildman–Crippen MR) is 72.6 cm³/mol. The second-order valence-corrected chi connectivity index (χ2v) is 5.74. The Kier molecular flexibility index (Phi) is 2.77. The van der Waals surface area contributed by atoms with Crippen LogP contribution in [-0.4, -0.2) is 11.9 Å². The van der Waals surface area contributed by atoms with Crippen molar-refractivity contribution in [3.8, 4) is 0 Å². The summed E-state index contributed by atoms with van der Waals surface area (Å²) in [5, 5.41) is 3.69. The summed E-state index contributed by atoms with van der Waals surface area (Å²) >= 11 is 0. The lowest BCUT2D eigenvalue weighted by Crippen LogP contribution is -2.24. The highest BCUT2D eigenvalue weighted by Crippen LogP contribution is 2.46. The molecule has 0 aliphatic heterocycles. The van der Waals surface area contributed by atoms with Crippen LogP contribution >= 0.6 is 0 Å². The van der Waals surface area contributed by atoms with E-state index in [0.29, 0.717) is 11.6 Å². The van der Waals surface area contributed by atoms with Gasteiger partial charge in [-0.15, -0.1) is 0 Å². The molecule has 0 atom stereocenters. The van der Waals surface area contributed by atoms with E-state index < -0.39 is 0 Å². The number of carbonyl (C=O) groups is 1. The molecule has 0 unspecified atom stereocenters. The third-order valence-corrected chi connectivity index (χ3v) is 4.09. The fourth-order valence-corrected chi connectivity index (χ4v) is 2.69. The Morgan fingerprint density at radius 1 is 1.28 bits per heavy atom. The van der Waals surface area contributed by atoms with Crippen molar-refractivity contribution in [1.29, 1.82) is 0 Å². The molecule has 1 aromatic rings. The van der Waals surface area contributed by atoms with Crippen molar-refractivity contribution in [2.45, 2.75) is 38.6 Å². The zero-order valence-corrected chi connectivity index (χ0v) is 10.8. The molecule has 96 valence electrons. The summed E-state index contributed by atoms with van der Waals surface area (Å²) in [6.45, 7) is 2.03. The molecule has 0 saturated heterocycles. The highest BCUT2D eigenvalue weighted by Gasteiger charge is 2.41. The van der Waals surface area contributed by atoms with Gasteiger partial charge in [-0.25, -0.2) is 0 Å². The summed E-state index contributed by atoms with van der Waals surface area (Å²) < 4.78 is 0. The number of nitrogens with two attached hydrogens (primary N) is 1. The lowest BCUT2D eigenvalue weighted by atomic mass is 10.0. The number of primary amides is 1. The minimum Gasteiger partial charge on any atom is -0.382 e.